The van der Waals surface area contributed by atoms with Gasteiger partial charge in [-0.25, -0.2) is 9.78 Å². The molecule has 1 N–H and O–H groups in total. The van der Waals surface area contributed by atoms with E-state index in [4.69, 9.17) is 27.9 Å². The summed E-state index contributed by atoms with van der Waals surface area (Å²) in [6.07, 6.45) is 1.33. The van der Waals surface area contributed by atoms with Crippen molar-refractivity contribution in [3.05, 3.63) is 81.5 Å². The number of amides is 1. The number of aromatic nitrogens is 3. The summed E-state index contributed by atoms with van der Waals surface area (Å²) in [6.45, 7) is 3.82. The maximum atomic E-state index is 13.0. The summed E-state index contributed by atoms with van der Waals surface area (Å²) >= 11 is 12.2. The number of esters is 1. The molecule has 0 aliphatic rings. The quantitative estimate of drug-likeness (QED) is 0.392. The molecule has 0 bridgehead atoms. The lowest BCUT2D eigenvalue weighted by Gasteiger charge is -2.13. The summed E-state index contributed by atoms with van der Waals surface area (Å²) < 4.78 is 6.52. The number of para-hydroxylation sites is 1. The highest BCUT2D eigenvalue weighted by molar-refractivity contribution is 6.36. The Labute approximate surface area is 193 Å². The van der Waals surface area contributed by atoms with Crippen LogP contribution >= 0.6 is 23.2 Å². The van der Waals surface area contributed by atoms with Crippen LogP contribution in [0.2, 0.25) is 10.0 Å². The summed E-state index contributed by atoms with van der Waals surface area (Å²) in [4.78, 5) is 30.2. The molecule has 9 heteroatoms. The standard InChI is InChI=1S/C23H18Cl2N4O3/c1-3-32-23(31)17-12-26-29(20-10-13(2)15-6-4-5-7-19(15)27-20)21(17)28-22(30)16-11-14(24)8-9-18(16)25/h4-12H,3H2,1-2H3,(H,28,30). The zero-order valence-electron chi connectivity index (χ0n) is 17.2. The molecule has 2 heterocycles. The van der Waals surface area contributed by atoms with Crippen LogP contribution in [0.15, 0.2) is 54.7 Å². The molecule has 0 aliphatic carbocycles. The Hall–Kier alpha value is -3.42. The third-order valence-electron chi connectivity index (χ3n) is 4.80. The van der Waals surface area contributed by atoms with Gasteiger partial charge in [0, 0.05) is 10.4 Å². The zero-order valence-corrected chi connectivity index (χ0v) is 18.7. The van der Waals surface area contributed by atoms with Gasteiger partial charge in [0.25, 0.3) is 5.91 Å². The van der Waals surface area contributed by atoms with Gasteiger partial charge in [-0.1, -0.05) is 41.4 Å². The molecule has 2 aromatic carbocycles. The Balaban J connectivity index is 1.83. The van der Waals surface area contributed by atoms with Crippen molar-refractivity contribution >= 4 is 51.8 Å². The molecule has 0 aliphatic heterocycles. The van der Waals surface area contributed by atoms with Gasteiger partial charge < -0.3 is 10.1 Å². The van der Waals surface area contributed by atoms with E-state index in [1.807, 2.05) is 37.3 Å². The van der Waals surface area contributed by atoms with Crippen molar-refractivity contribution < 1.29 is 14.3 Å². The predicted molar refractivity (Wildman–Crippen MR) is 124 cm³/mol. The fourth-order valence-electron chi connectivity index (χ4n) is 3.29. The number of anilines is 1. The second kappa shape index (κ2) is 8.98. The molecule has 0 saturated carbocycles. The number of nitrogens with one attached hydrogen (secondary N) is 1. The largest absolute Gasteiger partial charge is 0.462 e. The molecular weight excluding hydrogens is 451 g/mol. The Morgan fingerprint density at radius 1 is 1.09 bits per heavy atom. The Kier molecular flexibility index (Phi) is 6.12. The van der Waals surface area contributed by atoms with Crippen molar-refractivity contribution in [1.82, 2.24) is 14.8 Å². The summed E-state index contributed by atoms with van der Waals surface area (Å²) in [5.74, 6) is -0.623. The molecule has 0 radical (unpaired) electrons. The smallest absolute Gasteiger partial charge is 0.343 e. The summed E-state index contributed by atoms with van der Waals surface area (Å²) in [5.41, 5.74) is 1.97. The second-order valence-corrected chi connectivity index (χ2v) is 7.78. The minimum atomic E-state index is -0.622. The SMILES string of the molecule is CCOC(=O)c1cnn(-c2cc(C)c3ccccc3n2)c1NC(=O)c1cc(Cl)ccc1Cl. The van der Waals surface area contributed by atoms with E-state index in [2.05, 4.69) is 15.4 Å². The van der Waals surface area contributed by atoms with Crippen molar-refractivity contribution in [3.8, 4) is 5.82 Å². The summed E-state index contributed by atoms with van der Waals surface area (Å²) in [7, 11) is 0. The van der Waals surface area contributed by atoms with E-state index in [1.165, 1.54) is 23.0 Å². The summed E-state index contributed by atoms with van der Waals surface area (Å²) in [6, 6.07) is 14.0. The van der Waals surface area contributed by atoms with Gasteiger partial charge in [-0.2, -0.15) is 9.78 Å². The molecule has 32 heavy (non-hydrogen) atoms. The highest BCUT2D eigenvalue weighted by atomic mass is 35.5. The molecule has 0 unspecified atom stereocenters. The average Bonchev–Trinajstić information content (AvgIpc) is 3.19. The number of hydrogen-bond donors (Lipinski definition) is 1. The topological polar surface area (TPSA) is 86.1 Å². The maximum absolute atomic E-state index is 13.0. The normalized spacial score (nSPS) is 10.9. The lowest BCUT2D eigenvalue weighted by molar-refractivity contribution is 0.0527. The van der Waals surface area contributed by atoms with Gasteiger partial charge in [-0.3, -0.25) is 4.79 Å². The molecule has 4 rings (SSSR count). The fraction of sp³-hybridized carbons (Fsp3) is 0.130. The van der Waals surface area contributed by atoms with Crippen molar-refractivity contribution in [2.24, 2.45) is 0 Å². The van der Waals surface area contributed by atoms with E-state index in [9.17, 15) is 9.59 Å². The highest BCUT2D eigenvalue weighted by Gasteiger charge is 2.24. The van der Waals surface area contributed by atoms with E-state index in [1.54, 1.807) is 13.0 Å². The van der Waals surface area contributed by atoms with Crippen LogP contribution in [0.4, 0.5) is 5.82 Å². The van der Waals surface area contributed by atoms with Gasteiger partial charge in [0.05, 0.1) is 28.9 Å². The highest BCUT2D eigenvalue weighted by Crippen LogP contribution is 2.27. The number of hydrogen-bond acceptors (Lipinski definition) is 5. The first kappa shape index (κ1) is 21.8. The zero-order chi connectivity index (χ0) is 22.8. The molecule has 4 aromatic rings. The van der Waals surface area contributed by atoms with E-state index < -0.39 is 11.9 Å². The molecule has 2 aromatic heterocycles. The van der Waals surface area contributed by atoms with Gasteiger partial charge in [0.1, 0.15) is 5.56 Å². The van der Waals surface area contributed by atoms with Crippen LogP contribution in [-0.2, 0) is 4.74 Å². The number of fused-ring (bicyclic) bond motifs is 1. The minimum Gasteiger partial charge on any atom is -0.462 e. The van der Waals surface area contributed by atoms with E-state index in [-0.39, 0.29) is 28.6 Å². The van der Waals surface area contributed by atoms with Gasteiger partial charge in [-0.15, -0.1) is 0 Å². The predicted octanol–water partition coefficient (Wildman–Crippen LogP) is 5.46. The molecule has 1 amide bonds. The molecule has 0 saturated heterocycles. The Morgan fingerprint density at radius 3 is 2.66 bits per heavy atom. The number of halogens is 2. The molecular formula is C23H18Cl2N4O3. The second-order valence-electron chi connectivity index (χ2n) is 6.93. The van der Waals surface area contributed by atoms with Gasteiger partial charge in [-0.05, 0) is 49.7 Å². The number of aryl methyl sites for hydroxylation is 1. The van der Waals surface area contributed by atoms with Gasteiger partial charge in [0.2, 0.25) is 0 Å². The van der Waals surface area contributed by atoms with Gasteiger partial charge >= 0.3 is 5.97 Å². The first-order valence-electron chi connectivity index (χ1n) is 9.77. The maximum Gasteiger partial charge on any atom is 0.343 e. The van der Waals surface area contributed by atoms with Crippen molar-refractivity contribution in [2.75, 3.05) is 11.9 Å². The Bertz CT molecular complexity index is 1350. The number of carbonyl (C=O) groups is 2. The molecule has 0 fully saturated rings. The number of rotatable bonds is 5. The fourth-order valence-corrected chi connectivity index (χ4v) is 3.66. The minimum absolute atomic E-state index is 0.0889. The number of pyridine rings is 1. The molecule has 7 nitrogen and oxygen atoms in total. The lowest BCUT2D eigenvalue weighted by atomic mass is 10.1. The third-order valence-corrected chi connectivity index (χ3v) is 5.36. The number of carbonyl (C=O) groups excluding carboxylic acids is 2. The van der Waals surface area contributed by atoms with Crippen molar-refractivity contribution in [2.45, 2.75) is 13.8 Å². The Morgan fingerprint density at radius 2 is 1.88 bits per heavy atom. The lowest BCUT2D eigenvalue weighted by Crippen LogP contribution is -2.19. The third kappa shape index (κ3) is 4.17. The number of benzene rings is 2. The van der Waals surface area contributed by atoms with E-state index in [0.29, 0.717) is 10.8 Å². The molecule has 0 spiro atoms. The van der Waals surface area contributed by atoms with Crippen LogP contribution in [0.5, 0.6) is 0 Å². The van der Waals surface area contributed by atoms with Crippen LogP contribution < -0.4 is 5.32 Å². The van der Waals surface area contributed by atoms with Crippen LogP contribution in [0.3, 0.4) is 0 Å². The summed E-state index contributed by atoms with van der Waals surface area (Å²) in [5, 5.41) is 8.59. The van der Waals surface area contributed by atoms with Crippen LogP contribution in [0, 0.1) is 6.92 Å². The van der Waals surface area contributed by atoms with Crippen molar-refractivity contribution in [3.63, 3.8) is 0 Å². The molecule has 162 valence electrons. The van der Waals surface area contributed by atoms with E-state index >= 15 is 0 Å². The van der Waals surface area contributed by atoms with E-state index in [0.717, 1.165) is 16.5 Å². The monoisotopic (exact) mass is 468 g/mol. The number of nitrogens with zero attached hydrogens (tertiary/aromatic N) is 3. The number of ether oxygens (including phenoxy) is 1. The van der Waals surface area contributed by atoms with Gasteiger partial charge in [0.15, 0.2) is 11.6 Å². The first-order valence-corrected chi connectivity index (χ1v) is 10.5. The van der Waals surface area contributed by atoms with Crippen LogP contribution in [0.25, 0.3) is 16.7 Å². The average molecular weight is 469 g/mol. The van der Waals surface area contributed by atoms with Crippen LogP contribution in [0.1, 0.15) is 33.2 Å². The first-order chi connectivity index (χ1) is 15.4. The molecule has 0 atom stereocenters. The van der Waals surface area contributed by atoms with Crippen molar-refractivity contribution in [1.29, 1.82) is 0 Å². The van der Waals surface area contributed by atoms with Crippen LogP contribution in [-0.4, -0.2) is 33.2 Å².